The molecule has 0 bridgehead atoms. The Balaban J connectivity index is 1.47. The van der Waals surface area contributed by atoms with Gasteiger partial charge in [-0.2, -0.15) is 0 Å². The third kappa shape index (κ3) is 5.35. The minimum absolute atomic E-state index is 0.0636. The van der Waals surface area contributed by atoms with Gasteiger partial charge in [0.2, 0.25) is 5.91 Å². The lowest BCUT2D eigenvalue weighted by molar-refractivity contribution is -0.115. The predicted molar refractivity (Wildman–Crippen MR) is 91.4 cm³/mol. The van der Waals surface area contributed by atoms with Crippen molar-refractivity contribution in [3.63, 3.8) is 0 Å². The van der Waals surface area contributed by atoms with Crippen LogP contribution < -0.4 is 15.4 Å². The van der Waals surface area contributed by atoms with E-state index in [-0.39, 0.29) is 11.7 Å². The van der Waals surface area contributed by atoms with Gasteiger partial charge in [-0.1, -0.05) is 18.2 Å². The van der Waals surface area contributed by atoms with Crippen LogP contribution in [0.25, 0.3) is 0 Å². The molecule has 2 N–H and O–H groups in total. The minimum Gasteiger partial charge on any atom is -0.489 e. The summed E-state index contributed by atoms with van der Waals surface area (Å²) < 4.78 is 18.6. The highest BCUT2D eigenvalue weighted by Gasteiger charge is 2.20. The maximum Gasteiger partial charge on any atom is 0.238 e. The largest absolute Gasteiger partial charge is 0.489 e. The minimum atomic E-state index is -0.265. The molecule has 1 amide bonds. The van der Waals surface area contributed by atoms with Gasteiger partial charge in [-0.15, -0.1) is 0 Å². The molecule has 0 radical (unpaired) electrons. The number of anilines is 1. The lowest BCUT2D eigenvalue weighted by atomic mass is 10.2. The fourth-order valence-corrected chi connectivity index (χ4v) is 2.33. The van der Waals surface area contributed by atoms with Gasteiger partial charge < -0.3 is 15.4 Å². The van der Waals surface area contributed by atoms with E-state index in [1.54, 1.807) is 18.2 Å². The maximum atomic E-state index is 12.9. The predicted octanol–water partition coefficient (Wildman–Crippen LogP) is 3.34. The van der Waals surface area contributed by atoms with Crippen molar-refractivity contribution >= 4 is 11.6 Å². The molecule has 2 aromatic carbocycles. The van der Waals surface area contributed by atoms with E-state index in [1.807, 2.05) is 18.2 Å². The zero-order valence-electron chi connectivity index (χ0n) is 13.4. The van der Waals surface area contributed by atoms with Crippen molar-refractivity contribution in [1.29, 1.82) is 0 Å². The van der Waals surface area contributed by atoms with E-state index in [4.69, 9.17) is 4.74 Å². The SMILES string of the molecule is O=C(CNCC1CC1)Nc1cccc(OCc2ccc(F)cc2)c1. The number of ether oxygens (including phenoxy) is 1. The molecule has 126 valence electrons. The average Bonchev–Trinajstić information content (AvgIpc) is 3.39. The summed E-state index contributed by atoms with van der Waals surface area (Å²) in [5.41, 5.74) is 1.58. The van der Waals surface area contributed by atoms with Gasteiger partial charge in [-0.25, -0.2) is 4.39 Å². The molecule has 0 aromatic heterocycles. The molecule has 0 saturated heterocycles. The molecule has 0 aliphatic heterocycles. The Morgan fingerprint density at radius 2 is 1.96 bits per heavy atom. The summed E-state index contributed by atoms with van der Waals surface area (Å²) in [7, 11) is 0. The van der Waals surface area contributed by atoms with Gasteiger partial charge in [-0.05, 0) is 55.1 Å². The van der Waals surface area contributed by atoms with Crippen molar-refractivity contribution in [2.75, 3.05) is 18.4 Å². The number of amides is 1. The van der Waals surface area contributed by atoms with Gasteiger partial charge >= 0.3 is 0 Å². The van der Waals surface area contributed by atoms with Crippen LogP contribution in [0.5, 0.6) is 5.75 Å². The Morgan fingerprint density at radius 1 is 1.17 bits per heavy atom. The fraction of sp³-hybridized carbons (Fsp3) is 0.316. The van der Waals surface area contributed by atoms with Gasteiger partial charge in [0, 0.05) is 11.8 Å². The fourth-order valence-electron chi connectivity index (χ4n) is 2.33. The first-order chi connectivity index (χ1) is 11.7. The average molecular weight is 328 g/mol. The Bertz CT molecular complexity index is 684. The van der Waals surface area contributed by atoms with Crippen LogP contribution in [0.2, 0.25) is 0 Å². The van der Waals surface area contributed by atoms with E-state index < -0.39 is 0 Å². The van der Waals surface area contributed by atoms with E-state index in [9.17, 15) is 9.18 Å². The van der Waals surface area contributed by atoms with Crippen LogP contribution in [0.1, 0.15) is 18.4 Å². The molecular formula is C19H21FN2O2. The van der Waals surface area contributed by atoms with Crippen molar-refractivity contribution in [2.45, 2.75) is 19.4 Å². The van der Waals surface area contributed by atoms with Crippen LogP contribution in [0.3, 0.4) is 0 Å². The third-order valence-electron chi connectivity index (χ3n) is 3.85. The number of nitrogens with one attached hydrogen (secondary N) is 2. The summed E-state index contributed by atoms with van der Waals surface area (Å²) in [6.45, 7) is 1.58. The number of carbonyl (C=O) groups is 1. The van der Waals surface area contributed by atoms with Crippen molar-refractivity contribution in [3.05, 3.63) is 59.9 Å². The van der Waals surface area contributed by atoms with Gasteiger partial charge in [0.1, 0.15) is 18.2 Å². The number of hydrogen-bond acceptors (Lipinski definition) is 3. The zero-order valence-corrected chi connectivity index (χ0v) is 13.4. The molecule has 24 heavy (non-hydrogen) atoms. The zero-order chi connectivity index (χ0) is 16.8. The highest BCUT2D eigenvalue weighted by molar-refractivity contribution is 5.92. The Hall–Kier alpha value is -2.40. The van der Waals surface area contributed by atoms with Crippen LogP contribution >= 0.6 is 0 Å². The smallest absolute Gasteiger partial charge is 0.238 e. The molecule has 4 nitrogen and oxygen atoms in total. The summed E-state index contributed by atoms with van der Waals surface area (Å²) in [5, 5.41) is 6.01. The summed E-state index contributed by atoms with van der Waals surface area (Å²) in [5.74, 6) is 1.08. The Labute approximate surface area is 141 Å². The van der Waals surface area contributed by atoms with Crippen LogP contribution in [0, 0.1) is 11.7 Å². The van der Waals surface area contributed by atoms with E-state index in [2.05, 4.69) is 10.6 Å². The molecule has 0 unspecified atom stereocenters. The maximum absolute atomic E-state index is 12.9. The molecule has 0 spiro atoms. The third-order valence-corrected chi connectivity index (χ3v) is 3.85. The molecule has 0 atom stereocenters. The molecule has 3 rings (SSSR count). The summed E-state index contributed by atoms with van der Waals surface area (Å²) in [4.78, 5) is 11.9. The van der Waals surface area contributed by atoms with Gasteiger partial charge in [-0.3, -0.25) is 4.79 Å². The van der Waals surface area contributed by atoms with E-state index in [1.165, 1.54) is 25.0 Å². The van der Waals surface area contributed by atoms with Crippen molar-refractivity contribution in [3.8, 4) is 5.75 Å². The highest BCUT2D eigenvalue weighted by Crippen LogP contribution is 2.27. The molecule has 1 fully saturated rings. The quantitative estimate of drug-likeness (QED) is 0.781. The summed E-state index contributed by atoms with van der Waals surface area (Å²) in [6, 6.07) is 13.4. The van der Waals surface area contributed by atoms with Gasteiger partial charge in [0.15, 0.2) is 0 Å². The lowest BCUT2D eigenvalue weighted by Gasteiger charge is -2.10. The monoisotopic (exact) mass is 328 g/mol. The molecule has 5 heteroatoms. The molecule has 1 saturated carbocycles. The normalized spacial score (nSPS) is 13.5. The van der Waals surface area contributed by atoms with Crippen LogP contribution in [0.15, 0.2) is 48.5 Å². The Morgan fingerprint density at radius 3 is 2.71 bits per heavy atom. The van der Waals surface area contributed by atoms with E-state index in [0.717, 1.165) is 18.0 Å². The molecule has 0 heterocycles. The number of benzene rings is 2. The van der Waals surface area contributed by atoms with E-state index >= 15 is 0 Å². The number of hydrogen-bond donors (Lipinski definition) is 2. The van der Waals surface area contributed by atoms with Crippen molar-refractivity contribution in [2.24, 2.45) is 5.92 Å². The molecule has 1 aliphatic rings. The van der Waals surface area contributed by atoms with Crippen LogP contribution in [0.4, 0.5) is 10.1 Å². The van der Waals surface area contributed by atoms with E-state index in [0.29, 0.717) is 24.6 Å². The summed E-state index contributed by atoms with van der Waals surface area (Å²) in [6.07, 6.45) is 2.53. The molecular weight excluding hydrogens is 307 g/mol. The second-order valence-corrected chi connectivity index (χ2v) is 6.07. The number of halogens is 1. The number of carbonyl (C=O) groups excluding carboxylic acids is 1. The molecule has 2 aromatic rings. The first-order valence-electron chi connectivity index (χ1n) is 8.17. The van der Waals surface area contributed by atoms with Crippen molar-refractivity contribution < 1.29 is 13.9 Å². The highest BCUT2D eigenvalue weighted by atomic mass is 19.1. The number of rotatable bonds is 8. The van der Waals surface area contributed by atoms with Crippen molar-refractivity contribution in [1.82, 2.24) is 5.32 Å². The topological polar surface area (TPSA) is 50.4 Å². The Kier molecular flexibility index (Phi) is 5.43. The van der Waals surface area contributed by atoms with Crippen LogP contribution in [-0.2, 0) is 11.4 Å². The van der Waals surface area contributed by atoms with Gasteiger partial charge in [0.25, 0.3) is 0 Å². The standard InChI is InChI=1S/C19H21FN2O2/c20-16-8-6-15(7-9-16)13-24-18-3-1-2-17(10-18)22-19(23)12-21-11-14-4-5-14/h1-3,6-10,14,21H,4-5,11-13H2,(H,22,23). The lowest BCUT2D eigenvalue weighted by Crippen LogP contribution is -2.29. The second kappa shape index (κ2) is 7.93. The second-order valence-electron chi connectivity index (χ2n) is 6.07. The first-order valence-corrected chi connectivity index (χ1v) is 8.17. The van der Waals surface area contributed by atoms with Crippen LogP contribution in [-0.4, -0.2) is 19.0 Å². The molecule has 1 aliphatic carbocycles. The first kappa shape index (κ1) is 16.5. The van der Waals surface area contributed by atoms with Gasteiger partial charge in [0.05, 0.1) is 6.54 Å². The summed E-state index contributed by atoms with van der Waals surface area (Å²) >= 11 is 0.